The fourth-order valence-corrected chi connectivity index (χ4v) is 4.82. The Balaban J connectivity index is 1.94. The van der Waals surface area contributed by atoms with Gasteiger partial charge in [-0.1, -0.05) is 77.8 Å². The van der Waals surface area contributed by atoms with E-state index < -0.39 is 5.82 Å². The molecule has 174 valence electrons. The second kappa shape index (κ2) is 10.1. The van der Waals surface area contributed by atoms with E-state index in [2.05, 4.69) is 0 Å². The summed E-state index contributed by atoms with van der Waals surface area (Å²) in [5, 5.41) is 0.805. The van der Waals surface area contributed by atoms with E-state index in [1.807, 2.05) is 66.9 Å². The summed E-state index contributed by atoms with van der Waals surface area (Å²) in [7, 11) is 0. The van der Waals surface area contributed by atoms with Crippen LogP contribution >= 0.6 is 23.2 Å². The van der Waals surface area contributed by atoms with Crippen LogP contribution in [0, 0.1) is 19.7 Å². The van der Waals surface area contributed by atoms with E-state index in [1.165, 1.54) is 6.07 Å². The van der Waals surface area contributed by atoms with Gasteiger partial charge in [-0.25, -0.2) is 4.39 Å². The van der Waals surface area contributed by atoms with E-state index in [4.69, 9.17) is 28.9 Å². The molecule has 0 aliphatic heterocycles. The Morgan fingerprint density at radius 2 is 1.50 bits per heavy atom. The molecule has 0 amide bonds. The second-order valence-electron chi connectivity index (χ2n) is 8.34. The van der Waals surface area contributed by atoms with Crippen LogP contribution in [-0.4, -0.2) is 4.57 Å². The van der Waals surface area contributed by atoms with Crippen molar-refractivity contribution in [1.29, 1.82) is 0 Å². The fourth-order valence-electron chi connectivity index (χ4n) is 4.37. The topological polar surface area (TPSA) is 48.0 Å². The molecule has 3 aromatic carbocycles. The van der Waals surface area contributed by atoms with Crippen molar-refractivity contribution in [2.24, 2.45) is 5.73 Å². The van der Waals surface area contributed by atoms with Crippen LogP contribution in [0.25, 0.3) is 11.1 Å². The summed E-state index contributed by atoms with van der Waals surface area (Å²) in [6.07, 6.45) is 0.331. The minimum atomic E-state index is -0.396. The zero-order valence-corrected chi connectivity index (χ0v) is 20.5. The maximum atomic E-state index is 14.7. The van der Waals surface area contributed by atoms with Crippen molar-refractivity contribution < 1.29 is 4.39 Å². The molecule has 1 heterocycles. The molecule has 0 spiro atoms. The monoisotopic (exact) mass is 494 g/mol. The highest BCUT2D eigenvalue weighted by Gasteiger charge is 2.23. The molecule has 6 heteroatoms. The Morgan fingerprint density at radius 1 is 0.853 bits per heavy atom. The van der Waals surface area contributed by atoms with Gasteiger partial charge in [-0.15, -0.1) is 0 Å². The average Bonchev–Trinajstić information content (AvgIpc) is 2.83. The van der Waals surface area contributed by atoms with Gasteiger partial charge in [0, 0.05) is 44.2 Å². The number of hydrogen-bond acceptors (Lipinski definition) is 2. The van der Waals surface area contributed by atoms with Crippen LogP contribution in [0.2, 0.25) is 10.0 Å². The molecule has 0 bridgehead atoms. The van der Waals surface area contributed by atoms with E-state index >= 15 is 0 Å². The smallest absolute Gasteiger partial charge is 0.193 e. The van der Waals surface area contributed by atoms with Crippen LogP contribution < -0.4 is 11.2 Å². The van der Waals surface area contributed by atoms with Gasteiger partial charge in [0.2, 0.25) is 0 Å². The molecule has 1 aromatic heterocycles. The molecule has 0 fully saturated rings. The van der Waals surface area contributed by atoms with Crippen molar-refractivity contribution in [1.82, 2.24) is 4.57 Å². The number of halogens is 3. The third-order valence-corrected chi connectivity index (χ3v) is 6.97. The normalized spacial score (nSPS) is 12.1. The minimum absolute atomic E-state index is 0.120. The minimum Gasteiger partial charge on any atom is -0.343 e. The van der Waals surface area contributed by atoms with E-state index in [-0.39, 0.29) is 18.0 Å². The highest BCUT2D eigenvalue weighted by Crippen LogP contribution is 2.31. The molecule has 1 unspecified atom stereocenters. The lowest BCUT2D eigenvalue weighted by atomic mass is 9.93. The third-order valence-electron chi connectivity index (χ3n) is 6.28. The maximum Gasteiger partial charge on any atom is 0.193 e. The molecule has 2 N–H and O–H groups in total. The predicted molar refractivity (Wildman–Crippen MR) is 138 cm³/mol. The largest absolute Gasteiger partial charge is 0.343 e. The molecular formula is C28H25Cl2FN2O. The summed E-state index contributed by atoms with van der Waals surface area (Å²) in [5.74, 6) is -0.396. The van der Waals surface area contributed by atoms with Crippen molar-refractivity contribution in [2.75, 3.05) is 0 Å². The van der Waals surface area contributed by atoms with Crippen molar-refractivity contribution in [3.8, 4) is 11.1 Å². The number of benzene rings is 3. The lowest BCUT2D eigenvalue weighted by molar-refractivity contribution is 0.591. The third kappa shape index (κ3) is 4.67. The van der Waals surface area contributed by atoms with Gasteiger partial charge in [-0.3, -0.25) is 4.79 Å². The lowest BCUT2D eigenvalue weighted by Crippen LogP contribution is -2.27. The molecular weight excluding hydrogens is 470 g/mol. The van der Waals surface area contributed by atoms with Crippen LogP contribution in [0.3, 0.4) is 0 Å². The number of pyridine rings is 1. The van der Waals surface area contributed by atoms with E-state index in [0.29, 0.717) is 44.4 Å². The highest BCUT2D eigenvalue weighted by molar-refractivity contribution is 6.33. The number of nitrogens with two attached hydrogens (primary N) is 1. The van der Waals surface area contributed by atoms with Crippen LogP contribution in [-0.2, 0) is 13.0 Å². The van der Waals surface area contributed by atoms with Gasteiger partial charge in [-0.05, 0) is 44.0 Å². The first-order chi connectivity index (χ1) is 16.3. The molecule has 0 aliphatic rings. The van der Waals surface area contributed by atoms with Gasteiger partial charge in [0.25, 0.3) is 0 Å². The van der Waals surface area contributed by atoms with Crippen molar-refractivity contribution >= 4 is 23.2 Å². The second-order valence-corrected chi connectivity index (χ2v) is 9.16. The van der Waals surface area contributed by atoms with Crippen molar-refractivity contribution in [2.45, 2.75) is 32.9 Å². The van der Waals surface area contributed by atoms with Gasteiger partial charge >= 0.3 is 0 Å². The molecule has 4 rings (SSSR count). The van der Waals surface area contributed by atoms with Gasteiger partial charge < -0.3 is 10.3 Å². The zero-order chi connectivity index (χ0) is 24.4. The molecule has 4 aromatic rings. The molecule has 3 nitrogen and oxygen atoms in total. The summed E-state index contributed by atoms with van der Waals surface area (Å²) in [6.45, 7) is 3.89. The Hall–Kier alpha value is -2.92. The predicted octanol–water partition coefficient (Wildman–Crippen LogP) is 6.87. The van der Waals surface area contributed by atoms with Crippen molar-refractivity contribution in [3.05, 3.63) is 127 Å². The number of rotatable bonds is 6. The summed E-state index contributed by atoms with van der Waals surface area (Å²) in [4.78, 5) is 13.8. The molecule has 0 aliphatic carbocycles. The lowest BCUT2D eigenvalue weighted by Gasteiger charge is -2.23. The Bertz CT molecular complexity index is 1380. The Kier molecular flexibility index (Phi) is 7.22. The van der Waals surface area contributed by atoms with Crippen LogP contribution in [0.1, 0.15) is 34.1 Å². The summed E-state index contributed by atoms with van der Waals surface area (Å²) < 4.78 is 16.6. The van der Waals surface area contributed by atoms with Crippen molar-refractivity contribution in [3.63, 3.8) is 0 Å². The molecule has 0 saturated carbocycles. The molecule has 1 atom stereocenters. The van der Waals surface area contributed by atoms with E-state index in [9.17, 15) is 9.18 Å². The van der Waals surface area contributed by atoms with Crippen LogP contribution in [0.4, 0.5) is 4.39 Å². The first-order valence-electron chi connectivity index (χ1n) is 11.0. The van der Waals surface area contributed by atoms with E-state index in [0.717, 1.165) is 11.3 Å². The Morgan fingerprint density at radius 3 is 2.18 bits per heavy atom. The fraction of sp³-hybridized carbons (Fsp3) is 0.179. The van der Waals surface area contributed by atoms with Crippen LogP contribution in [0.15, 0.2) is 77.6 Å². The molecule has 34 heavy (non-hydrogen) atoms. The first kappa shape index (κ1) is 24.2. The summed E-state index contributed by atoms with van der Waals surface area (Å²) in [6, 6.07) is 21.1. The zero-order valence-electron chi connectivity index (χ0n) is 19.0. The highest BCUT2D eigenvalue weighted by atomic mass is 35.5. The quantitative estimate of drug-likeness (QED) is 0.317. The molecule has 0 saturated heterocycles. The maximum absolute atomic E-state index is 14.7. The SMILES string of the molecule is Cc1c(CC(N)c2ccccc2)c(=O)c(-c2ccccc2Cl)c(C)n1Cc1c(F)cccc1Cl. The number of nitrogens with zero attached hydrogens (tertiary/aromatic N) is 1. The van der Waals surface area contributed by atoms with Gasteiger partial charge in [0.1, 0.15) is 5.82 Å². The van der Waals surface area contributed by atoms with Gasteiger partial charge in [0.15, 0.2) is 5.43 Å². The van der Waals surface area contributed by atoms with E-state index in [1.54, 1.807) is 18.2 Å². The number of aromatic nitrogens is 1. The first-order valence-corrected chi connectivity index (χ1v) is 11.8. The Labute approximate surface area is 208 Å². The molecule has 0 radical (unpaired) electrons. The van der Waals surface area contributed by atoms with Gasteiger partial charge in [0.05, 0.1) is 12.1 Å². The van der Waals surface area contributed by atoms with Crippen LogP contribution in [0.5, 0.6) is 0 Å². The average molecular weight is 495 g/mol. The summed E-state index contributed by atoms with van der Waals surface area (Å²) in [5.41, 5.74) is 10.8. The number of hydrogen-bond donors (Lipinski definition) is 1. The standard InChI is InChI=1S/C28H25Cl2FN2O/c1-17-21(15-26(32)19-9-4-3-5-10-19)28(34)27(20-11-6-7-12-23(20)29)18(2)33(17)16-22-24(30)13-8-14-25(22)31/h3-14,26H,15-16,32H2,1-2H3. The summed E-state index contributed by atoms with van der Waals surface area (Å²) >= 11 is 12.9. The van der Waals surface area contributed by atoms with Gasteiger partial charge in [-0.2, -0.15) is 0 Å².